The third-order valence-corrected chi connectivity index (χ3v) is 1.68. The maximum Gasteiger partial charge on any atom is 0.243 e. The summed E-state index contributed by atoms with van der Waals surface area (Å²) in [6.07, 6.45) is 2.95. The number of carbonyl (C=O) groups is 1. The van der Waals surface area contributed by atoms with E-state index < -0.39 is 5.91 Å². The molecule has 0 fully saturated rings. The Morgan fingerprint density at radius 3 is 2.71 bits per heavy atom. The van der Waals surface area contributed by atoms with E-state index in [1.54, 1.807) is 0 Å². The minimum absolute atomic E-state index is 0.00775. The SMILES string of the molecule is NC(=O)COCCNCCCCCO. The summed E-state index contributed by atoms with van der Waals surface area (Å²) in [5.74, 6) is -0.437. The molecule has 1 amide bonds. The van der Waals surface area contributed by atoms with Gasteiger partial charge < -0.3 is 20.9 Å². The highest BCUT2D eigenvalue weighted by molar-refractivity contribution is 5.74. The van der Waals surface area contributed by atoms with E-state index in [4.69, 9.17) is 15.6 Å². The molecule has 0 saturated carbocycles. The molecule has 0 saturated heterocycles. The highest BCUT2D eigenvalue weighted by Crippen LogP contribution is 1.91. The number of carbonyl (C=O) groups excluding carboxylic acids is 1. The van der Waals surface area contributed by atoms with Gasteiger partial charge in [-0.25, -0.2) is 0 Å². The predicted molar refractivity (Wildman–Crippen MR) is 53.8 cm³/mol. The highest BCUT2D eigenvalue weighted by Gasteiger charge is 1.93. The number of hydrogen-bond acceptors (Lipinski definition) is 4. The molecule has 0 aliphatic heterocycles. The number of hydrogen-bond donors (Lipinski definition) is 3. The number of amides is 1. The molecule has 0 aromatic rings. The van der Waals surface area contributed by atoms with Crippen LogP contribution in [0.3, 0.4) is 0 Å². The van der Waals surface area contributed by atoms with Crippen molar-refractivity contribution in [3.05, 3.63) is 0 Å². The topological polar surface area (TPSA) is 84.6 Å². The Morgan fingerprint density at radius 2 is 2.07 bits per heavy atom. The molecule has 5 nitrogen and oxygen atoms in total. The summed E-state index contributed by atoms with van der Waals surface area (Å²) in [6.45, 7) is 2.41. The standard InChI is InChI=1S/C9H20N2O3/c10-9(13)8-14-7-5-11-4-2-1-3-6-12/h11-12H,1-8H2,(H2,10,13). The zero-order valence-electron chi connectivity index (χ0n) is 8.50. The lowest BCUT2D eigenvalue weighted by Crippen LogP contribution is -2.24. The fraction of sp³-hybridized carbons (Fsp3) is 0.889. The normalized spacial score (nSPS) is 10.4. The molecule has 0 aromatic heterocycles. The van der Waals surface area contributed by atoms with Crippen LogP contribution in [0.1, 0.15) is 19.3 Å². The average Bonchev–Trinajstić information content (AvgIpc) is 2.15. The highest BCUT2D eigenvalue weighted by atomic mass is 16.5. The monoisotopic (exact) mass is 204 g/mol. The Hall–Kier alpha value is -0.650. The summed E-state index contributed by atoms with van der Waals surface area (Å²) in [6, 6.07) is 0. The fourth-order valence-corrected chi connectivity index (χ4v) is 0.981. The Labute approximate surface area is 84.6 Å². The zero-order chi connectivity index (χ0) is 10.6. The largest absolute Gasteiger partial charge is 0.396 e. The predicted octanol–water partition coefficient (Wildman–Crippen LogP) is -0.759. The number of aliphatic hydroxyl groups is 1. The first kappa shape index (κ1) is 13.4. The molecule has 0 aliphatic carbocycles. The molecule has 0 radical (unpaired) electrons. The van der Waals surface area contributed by atoms with E-state index in [-0.39, 0.29) is 13.2 Å². The first-order valence-electron chi connectivity index (χ1n) is 4.95. The summed E-state index contributed by atoms with van der Waals surface area (Å²) in [7, 11) is 0. The van der Waals surface area contributed by atoms with E-state index in [2.05, 4.69) is 5.32 Å². The summed E-state index contributed by atoms with van der Waals surface area (Å²) >= 11 is 0. The Kier molecular flexibility index (Phi) is 9.95. The summed E-state index contributed by atoms with van der Waals surface area (Å²) < 4.78 is 4.95. The Balaban J connectivity index is 2.88. The zero-order valence-corrected chi connectivity index (χ0v) is 8.50. The van der Waals surface area contributed by atoms with E-state index >= 15 is 0 Å². The van der Waals surface area contributed by atoms with Gasteiger partial charge in [-0.05, 0) is 25.8 Å². The van der Waals surface area contributed by atoms with E-state index in [1.165, 1.54) is 0 Å². The van der Waals surface area contributed by atoms with Crippen LogP contribution in [0.4, 0.5) is 0 Å². The molecule has 0 aliphatic rings. The molecule has 4 N–H and O–H groups in total. The van der Waals surface area contributed by atoms with Gasteiger partial charge in [0.15, 0.2) is 0 Å². The third-order valence-electron chi connectivity index (χ3n) is 1.68. The number of ether oxygens (including phenoxy) is 1. The van der Waals surface area contributed by atoms with Crippen molar-refractivity contribution in [1.82, 2.24) is 5.32 Å². The van der Waals surface area contributed by atoms with E-state index in [9.17, 15) is 4.79 Å². The second kappa shape index (κ2) is 10.4. The number of primary amides is 1. The van der Waals surface area contributed by atoms with Crippen molar-refractivity contribution in [2.45, 2.75) is 19.3 Å². The molecule has 84 valence electrons. The molecule has 0 bridgehead atoms. The van der Waals surface area contributed by atoms with E-state index in [0.29, 0.717) is 6.61 Å². The number of nitrogens with two attached hydrogens (primary N) is 1. The second-order valence-electron chi connectivity index (χ2n) is 3.05. The summed E-state index contributed by atoms with van der Waals surface area (Å²) in [4.78, 5) is 10.3. The van der Waals surface area contributed by atoms with Crippen LogP contribution in [-0.2, 0) is 9.53 Å². The van der Waals surface area contributed by atoms with Crippen molar-refractivity contribution < 1.29 is 14.6 Å². The molecule has 0 atom stereocenters. The quantitative estimate of drug-likeness (QED) is 0.408. The van der Waals surface area contributed by atoms with Gasteiger partial charge in [0.2, 0.25) is 5.91 Å². The van der Waals surface area contributed by atoms with Crippen molar-refractivity contribution in [3.63, 3.8) is 0 Å². The first-order chi connectivity index (χ1) is 6.77. The van der Waals surface area contributed by atoms with Crippen LogP contribution in [-0.4, -0.2) is 43.9 Å². The van der Waals surface area contributed by atoms with Crippen LogP contribution in [0.25, 0.3) is 0 Å². The maximum atomic E-state index is 10.3. The van der Waals surface area contributed by atoms with E-state index in [0.717, 1.165) is 32.4 Å². The van der Waals surface area contributed by atoms with Gasteiger partial charge in [-0.3, -0.25) is 4.79 Å². The number of aliphatic hydroxyl groups excluding tert-OH is 1. The van der Waals surface area contributed by atoms with Gasteiger partial charge in [0.1, 0.15) is 6.61 Å². The van der Waals surface area contributed by atoms with Crippen LogP contribution < -0.4 is 11.1 Å². The lowest BCUT2D eigenvalue weighted by Gasteiger charge is -2.04. The van der Waals surface area contributed by atoms with Gasteiger partial charge in [0, 0.05) is 13.2 Å². The molecular formula is C9H20N2O3. The second-order valence-corrected chi connectivity index (χ2v) is 3.05. The Morgan fingerprint density at radius 1 is 1.29 bits per heavy atom. The fourth-order valence-electron chi connectivity index (χ4n) is 0.981. The molecule has 0 aromatic carbocycles. The molecule has 5 heteroatoms. The summed E-state index contributed by atoms with van der Waals surface area (Å²) in [5.41, 5.74) is 4.88. The van der Waals surface area contributed by atoms with Gasteiger partial charge in [-0.2, -0.15) is 0 Å². The maximum absolute atomic E-state index is 10.3. The van der Waals surface area contributed by atoms with Gasteiger partial charge in [0.05, 0.1) is 6.61 Å². The minimum Gasteiger partial charge on any atom is -0.396 e. The van der Waals surface area contributed by atoms with Crippen molar-refractivity contribution in [2.24, 2.45) is 5.73 Å². The van der Waals surface area contributed by atoms with Gasteiger partial charge in [0.25, 0.3) is 0 Å². The van der Waals surface area contributed by atoms with Crippen LogP contribution >= 0.6 is 0 Å². The van der Waals surface area contributed by atoms with Gasteiger partial charge in [-0.15, -0.1) is 0 Å². The van der Waals surface area contributed by atoms with Crippen LogP contribution in [0.2, 0.25) is 0 Å². The molecular weight excluding hydrogens is 184 g/mol. The van der Waals surface area contributed by atoms with Crippen LogP contribution in [0, 0.1) is 0 Å². The summed E-state index contributed by atoms with van der Waals surface area (Å²) in [5, 5.41) is 11.7. The van der Waals surface area contributed by atoms with E-state index in [1.807, 2.05) is 0 Å². The number of unbranched alkanes of at least 4 members (excludes halogenated alkanes) is 2. The smallest absolute Gasteiger partial charge is 0.243 e. The van der Waals surface area contributed by atoms with Crippen molar-refractivity contribution in [2.75, 3.05) is 32.9 Å². The lowest BCUT2D eigenvalue weighted by molar-refractivity contribution is -0.122. The molecule has 14 heavy (non-hydrogen) atoms. The van der Waals surface area contributed by atoms with Crippen LogP contribution in [0.15, 0.2) is 0 Å². The Bertz CT molecular complexity index is 142. The molecule has 0 spiro atoms. The molecule has 0 unspecified atom stereocenters. The first-order valence-corrected chi connectivity index (χ1v) is 4.95. The van der Waals surface area contributed by atoms with Gasteiger partial charge in [-0.1, -0.05) is 0 Å². The van der Waals surface area contributed by atoms with Crippen molar-refractivity contribution >= 4 is 5.91 Å². The lowest BCUT2D eigenvalue weighted by atomic mass is 10.2. The molecule has 0 rings (SSSR count). The minimum atomic E-state index is -0.437. The third kappa shape index (κ3) is 11.4. The van der Waals surface area contributed by atoms with Crippen molar-refractivity contribution in [1.29, 1.82) is 0 Å². The van der Waals surface area contributed by atoms with Crippen molar-refractivity contribution in [3.8, 4) is 0 Å². The molecule has 0 heterocycles. The number of nitrogens with one attached hydrogen (secondary N) is 1. The van der Waals surface area contributed by atoms with Crippen LogP contribution in [0.5, 0.6) is 0 Å². The number of rotatable bonds is 10. The van der Waals surface area contributed by atoms with Gasteiger partial charge >= 0.3 is 0 Å². The average molecular weight is 204 g/mol.